The zero-order valence-corrected chi connectivity index (χ0v) is 14.6. The number of alkyl halides is 3. The van der Waals surface area contributed by atoms with Gasteiger partial charge in [-0.1, -0.05) is 18.4 Å². The van der Waals surface area contributed by atoms with Crippen LogP contribution in [0, 0.1) is 11.8 Å². The van der Waals surface area contributed by atoms with Crippen LogP contribution in [-0.2, 0) is 15.7 Å². The van der Waals surface area contributed by atoms with Gasteiger partial charge < -0.3 is 9.47 Å². The first kappa shape index (κ1) is 20.1. The smallest absolute Gasteiger partial charge is 0.416 e. The first-order valence-electron chi connectivity index (χ1n) is 8.00. The van der Waals surface area contributed by atoms with Crippen LogP contribution in [0.1, 0.15) is 23.6 Å². The molecule has 0 aliphatic rings. The molecule has 6 heteroatoms. The van der Waals surface area contributed by atoms with Gasteiger partial charge in [-0.05, 0) is 55.5 Å². The Kier molecular flexibility index (Phi) is 6.67. The predicted molar refractivity (Wildman–Crippen MR) is 95.1 cm³/mol. The van der Waals surface area contributed by atoms with Crippen LogP contribution in [-0.4, -0.2) is 19.2 Å². The van der Waals surface area contributed by atoms with E-state index in [1.54, 1.807) is 31.2 Å². The minimum atomic E-state index is -4.36. The topological polar surface area (TPSA) is 35.5 Å². The molecule has 0 fully saturated rings. The molecule has 0 N–H and O–H groups in total. The van der Waals surface area contributed by atoms with Crippen molar-refractivity contribution >= 4 is 5.97 Å². The second-order valence-electron chi connectivity index (χ2n) is 5.61. The first-order chi connectivity index (χ1) is 12.8. The van der Waals surface area contributed by atoms with Crippen LogP contribution in [0.25, 0.3) is 0 Å². The summed E-state index contributed by atoms with van der Waals surface area (Å²) in [6.07, 6.45) is -4.36. The second kappa shape index (κ2) is 8.95. The summed E-state index contributed by atoms with van der Waals surface area (Å²) in [4.78, 5) is 11.2. The molecule has 0 saturated heterocycles. The third-order valence-electron chi connectivity index (χ3n) is 3.35. The summed E-state index contributed by atoms with van der Waals surface area (Å²) < 4.78 is 47.9. The van der Waals surface area contributed by atoms with Gasteiger partial charge in [0.05, 0.1) is 5.56 Å². The number of esters is 1. The Balaban J connectivity index is 1.88. The standard InChI is InChI=1S/C21H17F3O3/c1-15(2)20(25)27-14-13-26-19-11-7-17(8-12-19)4-3-16-5-9-18(10-6-16)21(22,23)24/h5-12H,1,13-14H2,2H3. The lowest BCUT2D eigenvalue weighted by molar-refractivity contribution is -0.139. The van der Waals surface area contributed by atoms with Gasteiger partial charge in [0, 0.05) is 16.7 Å². The third kappa shape index (κ3) is 6.55. The van der Waals surface area contributed by atoms with E-state index in [0.29, 0.717) is 22.4 Å². The van der Waals surface area contributed by atoms with Crippen molar-refractivity contribution in [1.82, 2.24) is 0 Å². The molecule has 0 aromatic heterocycles. The van der Waals surface area contributed by atoms with E-state index in [1.807, 2.05) is 0 Å². The maximum Gasteiger partial charge on any atom is 0.416 e. The molecule has 0 aliphatic carbocycles. The molecule has 0 bridgehead atoms. The van der Waals surface area contributed by atoms with E-state index < -0.39 is 17.7 Å². The van der Waals surface area contributed by atoms with E-state index in [4.69, 9.17) is 9.47 Å². The summed E-state index contributed by atoms with van der Waals surface area (Å²) >= 11 is 0. The molecule has 0 amide bonds. The van der Waals surface area contributed by atoms with Crippen LogP contribution in [0.15, 0.2) is 60.7 Å². The van der Waals surface area contributed by atoms with Gasteiger partial charge in [0.1, 0.15) is 19.0 Å². The molecule has 0 atom stereocenters. The zero-order valence-electron chi connectivity index (χ0n) is 14.6. The first-order valence-corrected chi connectivity index (χ1v) is 8.00. The van der Waals surface area contributed by atoms with Gasteiger partial charge in [-0.25, -0.2) is 4.79 Å². The highest BCUT2D eigenvalue weighted by Gasteiger charge is 2.29. The molecular formula is C21H17F3O3. The van der Waals surface area contributed by atoms with Gasteiger partial charge in [0.25, 0.3) is 0 Å². The normalized spacial score (nSPS) is 10.5. The van der Waals surface area contributed by atoms with Gasteiger partial charge in [-0.2, -0.15) is 13.2 Å². The van der Waals surface area contributed by atoms with Crippen molar-refractivity contribution < 1.29 is 27.4 Å². The average Bonchev–Trinajstić information content (AvgIpc) is 2.64. The van der Waals surface area contributed by atoms with E-state index in [0.717, 1.165) is 12.1 Å². The predicted octanol–water partition coefficient (Wildman–Crippen LogP) is 4.60. The highest BCUT2D eigenvalue weighted by molar-refractivity contribution is 5.86. The SMILES string of the molecule is C=C(C)C(=O)OCCOc1ccc(C#Cc2ccc(C(F)(F)F)cc2)cc1. The van der Waals surface area contributed by atoms with E-state index in [1.165, 1.54) is 12.1 Å². The van der Waals surface area contributed by atoms with E-state index in [2.05, 4.69) is 18.4 Å². The maximum absolute atomic E-state index is 12.5. The number of benzene rings is 2. The summed E-state index contributed by atoms with van der Waals surface area (Å²) in [7, 11) is 0. The van der Waals surface area contributed by atoms with Crippen molar-refractivity contribution in [1.29, 1.82) is 0 Å². The molecule has 0 radical (unpaired) electrons. The Labute approximate surface area is 155 Å². The van der Waals surface area contributed by atoms with Crippen molar-refractivity contribution in [3.63, 3.8) is 0 Å². The van der Waals surface area contributed by atoms with Gasteiger partial charge in [-0.3, -0.25) is 0 Å². The van der Waals surface area contributed by atoms with Gasteiger partial charge in [-0.15, -0.1) is 0 Å². The molecule has 2 rings (SSSR count). The van der Waals surface area contributed by atoms with Crippen LogP contribution in [0.2, 0.25) is 0 Å². The van der Waals surface area contributed by atoms with Crippen molar-refractivity contribution in [3.8, 4) is 17.6 Å². The van der Waals surface area contributed by atoms with Crippen LogP contribution in [0.3, 0.4) is 0 Å². The molecule has 0 heterocycles. The highest BCUT2D eigenvalue weighted by atomic mass is 19.4. The van der Waals surface area contributed by atoms with Crippen LogP contribution in [0.5, 0.6) is 5.75 Å². The lowest BCUT2D eigenvalue weighted by Crippen LogP contribution is -2.12. The number of hydrogen-bond acceptors (Lipinski definition) is 3. The van der Waals surface area contributed by atoms with Crippen molar-refractivity contribution in [3.05, 3.63) is 77.4 Å². The fourth-order valence-electron chi connectivity index (χ4n) is 1.94. The third-order valence-corrected chi connectivity index (χ3v) is 3.35. The van der Waals surface area contributed by atoms with Crippen molar-refractivity contribution in [2.75, 3.05) is 13.2 Å². The minimum Gasteiger partial charge on any atom is -0.490 e. The number of hydrogen-bond donors (Lipinski definition) is 0. The zero-order chi connectivity index (χ0) is 19.9. The number of carbonyl (C=O) groups excluding carboxylic acids is 1. The van der Waals surface area contributed by atoms with Crippen molar-refractivity contribution in [2.24, 2.45) is 0 Å². The Morgan fingerprint density at radius 2 is 1.48 bits per heavy atom. The molecule has 0 aliphatic heterocycles. The van der Waals surface area contributed by atoms with Crippen LogP contribution in [0.4, 0.5) is 13.2 Å². The average molecular weight is 374 g/mol. The fourth-order valence-corrected chi connectivity index (χ4v) is 1.94. The van der Waals surface area contributed by atoms with Crippen LogP contribution < -0.4 is 4.74 Å². The Hall–Kier alpha value is -3.20. The summed E-state index contributed by atoms with van der Waals surface area (Å²) in [5, 5.41) is 0. The summed E-state index contributed by atoms with van der Waals surface area (Å²) in [5.41, 5.74) is 0.799. The second-order valence-corrected chi connectivity index (χ2v) is 5.61. The van der Waals surface area contributed by atoms with Gasteiger partial charge >= 0.3 is 12.1 Å². The van der Waals surface area contributed by atoms with E-state index in [9.17, 15) is 18.0 Å². The Morgan fingerprint density at radius 3 is 1.96 bits per heavy atom. The van der Waals surface area contributed by atoms with Gasteiger partial charge in [0.15, 0.2) is 0 Å². The van der Waals surface area contributed by atoms with E-state index in [-0.39, 0.29) is 13.2 Å². The minimum absolute atomic E-state index is 0.112. The molecule has 0 saturated carbocycles. The summed E-state index contributed by atoms with van der Waals surface area (Å²) in [5.74, 6) is 5.81. The Morgan fingerprint density at radius 1 is 0.963 bits per heavy atom. The molecular weight excluding hydrogens is 357 g/mol. The monoisotopic (exact) mass is 374 g/mol. The van der Waals surface area contributed by atoms with Crippen molar-refractivity contribution in [2.45, 2.75) is 13.1 Å². The number of halogens is 3. The molecule has 3 nitrogen and oxygen atoms in total. The molecule has 27 heavy (non-hydrogen) atoms. The van der Waals surface area contributed by atoms with Gasteiger partial charge in [0.2, 0.25) is 0 Å². The molecule has 140 valence electrons. The summed E-state index contributed by atoms with van der Waals surface area (Å²) in [6, 6.07) is 11.5. The summed E-state index contributed by atoms with van der Waals surface area (Å²) in [6.45, 7) is 5.36. The lowest BCUT2D eigenvalue weighted by atomic mass is 10.1. The maximum atomic E-state index is 12.5. The van der Waals surface area contributed by atoms with Crippen LogP contribution >= 0.6 is 0 Å². The molecule has 0 spiro atoms. The number of carbonyl (C=O) groups is 1. The quantitative estimate of drug-likeness (QED) is 0.332. The van der Waals surface area contributed by atoms with E-state index >= 15 is 0 Å². The Bertz CT molecular complexity index is 855. The largest absolute Gasteiger partial charge is 0.490 e. The highest BCUT2D eigenvalue weighted by Crippen LogP contribution is 2.28. The molecule has 2 aromatic rings. The number of rotatable bonds is 5. The molecule has 2 aromatic carbocycles. The molecule has 0 unspecified atom stereocenters. The number of ether oxygens (including phenoxy) is 2. The lowest BCUT2D eigenvalue weighted by Gasteiger charge is -2.07. The fraction of sp³-hybridized carbons (Fsp3) is 0.190.